The van der Waals surface area contributed by atoms with E-state index < -0.39 is 11.7 Å². The van der Waals surface area contributed by atoms with Crippen LogP contribution in [0.3, 0.4) is 0 Å². The van der Waals surface area contributed by atoms with Gasteiger partial charge in [0.2, 0.25) is 0 Å². The summed E-state index contributed by atoms with van der Waals surface area (Å²) in [6, 6.07) is 4.94. The highest BCUT2D eigenvalue weighted by Crippen LogP contribution is 2.31. The minimum Gasteiger partial charge on any atom is -0.305 e. The van der Waals surface area contributed by atoms with E-state index in [-0.39, 0.29) is 0 Å². The number of amides is 1. The maximum absolute atomic E-state index is 12.2. The molecule has 25 heavy (non-hydrogen) atoms. The molecule has 5 radical (unpaired) electrons. The fourth-order valence-electron chi connectivity index (χ4n) is 2.97. The molecule has 1 aromatic carbocycles. The van der Waals surface area contributed by atoms with Crippen molar-refractivity contribution >= 4 is 29.0 Å². The molecule has 0 unspecified atom stereocenters. The van der Waals surface area contributed by atoms with Gasteiger partial charge >= 0.3 is 0 Å². The molecular formula is C18H14ClN4O2. The van der Waals surface area contributed by atoms with Gasteiger partial charge in [-0.15, -0.1) is 5.10 Å². The van der Waals surface area contributed by atoms with Gasteiger partial charge < -0.3 is 4.90 Å². The van der Waals surface area contributed by atoms with Crippen LogP contribution >= 0.6 is 11.6 Å². The third kappa shape index (κ3) is 3.06. The molecule has 1 fully saturated rings. The minimum absolute atomic E-state index is 0.372. The average Bonchev–Trinajstić information content (AvgIpc) is 3.32. The van der Waals surface area contributed by atoms with Gasteiger partial charge in [0, 0.05) is 30.2 Å². The van der Waals surface area contributed by atoms with Crippen LogP contribution in [0.5, 0.6) is 0 Å². The number of benzene rings is 1. The number of anilines is 1. The highest BCUT2D eigenvalue weighted by atomic mass is 35.5. The largest absolute Gasteiger partial charge is 0.305 e. The Morgan fingerprint density at radius 1 is 1.08 bits per heavy atom. The normalized spacial score (nSPS) is 17.6. The van der Waals surface area contributed by atoms with E-state index in [0.717, 1.165) is 11.6 Å². The number of halogens is 1. The summed E-state index contributed by atoms with van der Waals surface area (Å²) in [5, 5.41) is 8.70. The predicted molar refractivity (Wildman–Crippen MR) is 92.3 cm³/mol. The molecule has 2 heterocycles. The van der Waals surface area contributed by atoms with Gasteiger partial charge in [0.1, 0.15) is 0 Å². The van der Waals surface area contributed by atoms with Crippen molar-refractivity contribution in [2.75, 3.05) is 11.4 Å². The van der Waals surface area contributed by atoms with Crippen molar-refractivity contribution in [2.45, 2.75) is 13.0 Å². The van der Waals surface area contributed by atoms with Crippen LogP contribution in [-0.4, -0.2) is 33.2 Å². The van der Waals surface area contributed by atoms with E-state index in [0.29, 0.717) is 35.8 Å². The Labute approximate surface area is 150 Å². The summed E-state index contributed by atoms with van der Waals surface area (Å²) in [4.78, 5) is 25.7. The molecule has 0 spiro atoms. The molecule has 0 saturated heterocycles. The topological polar surface area (TPSA) is 68.1 Å². The van der Waals surface area contributed by atoms with E-state index in [4.69, 9.17) is 11.6 Å². The molecule has 2 aromatic rings. The molecular weight excluding hydrogens is 340 g/mol. The molecule has 1 aliphatic heterocycles. The smallest absolute Gasteiger partial charge is 0.299 e. The SMILES string of the molecule is O=C1C(=O)N(CCCn2cc([C]3[CH][CH][CH][CH]3)nn2)c2ccc(Cl)cc21. The lowest BCUT2D eigenvalue weighted by Crippen LogP contribution is -2.31. The summed E-state index contributed by atoms with van der Waals surface area (Å²) in [6.45, 7) is 1.04. The molecule has 2 aliphatic rings. The molecule has 1 amide bonds. The lowest BCUT2D eigenvalue weighted by atomic mass is 10.1. The number of Topliss-reactive ketones (excluding diaryl/α,β-unsaturated/α-hetero) is 1. The Hall–Kier alpha value is -2.21. The molecule has 0 bridgehead atoms. The van der Waals surface area contributed by atoms with Crippen molar-refractivity contribution in [2.24, 2.45) is 0 Å². The van der Waals surface area contributed by atoms with Crippen molar-refractivity contribution < 1.29 is 9.59 Å². The first-order chi connectivity index (χ1) is 12.1. The van der Waals surface area contributed by atoms with Gasteiger partial charge in [0.25, 0.3) is 11.7 Å². The maximum Gasteiger partial charge on any atom is 0.299 e. The molecule has 7 heteroatoms. The molecule has 4 rings (SSSR count). The fourth-order valence-corrected chi connectivity index (χ4v) is 3.14. The Kier molecular flexibility index (Phi) is 4.29. The molecule has 1 saturated carbocycles. The molecule has 6 nitrogen and oxygen atoms in total. The first-order valence-electron chi connectivity index (χ1n) is 7.91. The van der Waals surface area contributed by atoms with E-state index >= 15 is 0 Å². The van der Waals surface area contributed by atoms with Crippen LogP contribution in [0.15, 0.2) is 24.4 Å². The van der Waals surface area contributed by atoms with Gasteiger partial charge in [-0.05, 0) is 50.3 Å². The molecule has 125 valence electrons. The minimum atomic E-state index is -0.506. The lowest BCUT2D eigenvalue weighted by Gasteiger charge is -2.16. The van der Waals surface area contributed by atoms with Crippen LogP contribution in [0.2, 0.25) is 5.02 Å². The average molecular weight is 354 g/mol. The van der Waals surface area contributed by atoms with Gasteiger partial charge in [-0.1, -0.05) is 16.8 Å². The second-order valence-electron chi connectivity index (χ2n) is 5.84. The number of fused-ring (bicyclic) bond motifs is 1. The van der Waals surface area contributed by atoms with Crippen LogP contribution in [0.1, 0.15) is 22.5 Å². The quantitative estimate of drug-likeness (QED) is 0.773. The second kappa shape index (κ2) is 6.59. The third-order valence-corrected chi connectivity index (χ3v) is 4.43. The van der Waals surface area contributed by atoms with Crippen LogP contribution in [0.4, 0.5) is 5.69 Å². The summed E-state index contributed by atoms with van der Waals surface area (Å²) in [5.74, 6) is 0.0162. The summed E-state index contributed by atoms with van der Waals surface area (Å²) in [6.07, 6.45) is 10.4. The van der Waals surface area contributed by atoms with Gasteiger partial charge in [-0.2, -0.15) is 0 Å². The summed E-state index contributed by atoms with van der Waals surface area (Å²) >= 11 is 5.91. The van der Waals surface area contributed by atoms with Crippen molar-refractivity contribution in [3.63, 3.8) is 0 Å². The van der Waals surface area contributed by atoms with E-state index in [1.54, 1.807) is 22.9 Å². The number of ketones is 1. The Morgan fingerprint density at radius 3 is 2.68 bits per heavy atom. The van der Waals surface area contributed by atoms with Crippen molar-refractivity contribution in [1.29, 1.82) is 0 Å². The Morgan fingerprint density at radius 2 is 1.88 bits per heavy atom. The lowest BCUT2D eigenvalue weighted by molar-refractivity contribution is -0.114. The highest BCUT2D eigenvalue weighted by Gasteiger charge is 2.35. The molecule has 0 N–H and O–H groups in total. The van der Waals surface area contributed by atoms with Gasteiger partial charge in [0.05, 0.1) is 16.9 Å². The van der Waals surface area contributed by atoms with Crippen LogP contribution in [-0.2, 0) is 11.3 Å². The molecule has 1 aromatic heterocycles. The van der Waals surface area contributed by atoms with E-state index in [1.165, 1.54) is 4.90 Å². The van der Waals surface area contributed by atoms with Gasteiger partial charge in [0.15, 0.2) is 0 Å². The van der Waals surface area contributed by atoms with E-state index in [1.807, 2.05) is 31.9 Å². The maximum atomic E-state index is 12.2. The van der Waals surface area contributed by atoms with Crippen LogP contribution in [0, 0.1) is 31.6 Å². The number of rotatable bonds is 5. The van der Waals surface area contributed by atoms with Gasteiger partial charge in [-0.3, -0.25) is 14.3 Å². The first kappa shape index (κ1) is 16.3. The van der Waals surface area contributed by atoms with Crippen LogP contribution < -0.4 is 4.90 Å². The van der Waals surface area contributed by atoms with Gasteiger partial charge in [-0.25, -0.2) is 0 Å². The zero-order valence-electron chi connectivity index (χ0n) is 13.2. The number of nitrogens with zero attached hydrogens (tertiary/aromatic N) is 4. The number of aromatic nitrogens is 3. The Balaban J connectivity index is 1.39. The molecule has 1 aliphatic carbocycles. The third-order valence-electron chi connectivity index (χ3n) is 4.20. The summed E-state index contributed by atoms with van der Waals surface area (Å²) < 4.78 is 1.74. The fraction of sp³-hybridized carbons (Fsp3) is 0.167. The predicted octanol–water partition coefficient (Wildman–Crippen LogP) is 2.30. The van der Waals surface area contributed by atoms with E-state index in [2.05, 4.69) is 10.3 Å². The highest BCUT2D eigenvalue weighted by molar-refractivity contribution is 6.52. The van der Waals surface area contributed by atoms with Crippen molar-refractivity contribution in [3.8, 4) is 0 Å². The van der Waals surface area contributed by atoms with Crippen LogP contribution in [0.25, 0.3) is 0 Å². The summed E-state index contributed by atoms with van der Waals surface area (Å²) in [7, 11) is 0. The summed E-state index contributed by atoms with van der Waals surface area (Å²) in [5.41, 5.74) is 1.81. The zero-order valence-corrected chi connectivity index (χ0v) is 14.0. The number of aryl methyl sites for hydroxylation is 1. The molecule has 0 atom stereocenters. The Bertz CT molecular complexity index is 826. The van der Waals surface area contributed by atoms with Crippen molar-refractivity contribution in [1.82, 2.24) is 15.0 Å². The zero-order chi connectivity index (χ0) is 17.4. The number of carbonyl (C=O) groups excluding carboxylic acids is 2. The first-order valence-corrected chi connectivity index (χ1v) is 8.29. The standard InChI is InChI=1S/C18H14ClN4O2/c19-13-6-7-16-14(10-13)17(24)18(25)23(16)9-3-8-22-11-15(20-21-22)12-4-1-2-5-12/h1-2,4-7,10-11H,3,8-9H2. The monoisotopic (exact) mass is 353 g/mol. The second-order valence-corrected chi connectivity index (χ2v) is 6.28. The number of carbonyl (C=O) groups is 2. The van der Waals surface area contributed by atoms with E-state index in [9.17, 15) is 9.59 Å². The number of hydrogen-bond acceptors (Lipinski definition) is 4. The van der Waals surface area contributed by atoms with Crippen molar-refractivity contribution in [3.05, 3.63) is 72.3 Å². The number of hydrogen-bond donors (Lipinski definition) is 0.